The van der Waals surface area contributed by atoms with Crippen LogP contribution >= 0.6 is 23.4 Å². The van der Waals surface area contributed by atoms with E-state index >= 15 is 0 Å². The van der Waals surface area contributed by atoms with Crippen LogP contribution in [0.15, 0.2) is 52.1 Å². The lowest BCUT2D eigenvalue weighted by atomic mass is 10.2. The lowest BCUT2D eigenvalue weighted by Gasteiger charge is -2.11. The van der Waals surface area contributed by atoms with Gasteiger partial charge in [-0.25, -0.2) is 0 Å². The molecule has 1 aromatic heterocycles. The Balaban J connectivity index is 1.61. The normalized spacial score (nSPS) is 11.3. The van der Waals surface area contributed by atoms with Crippen molar-refractivity contribution in [2.75, 3.05) is 11.1 Å². The van der Waals surface area contributed by atoms with Gasteiger partial charge in [0.1, 0.15) is 0 Å². The first-order valence-corrected chi connectivity index (χ1v) is 9.37. The Labute approximate surface area is 175 Å². The number of carbonyl (C=O) groups excluding carboxylic acids is 1. The second-order valence-electron chi connectivity index (χ2n) is 5.71. The minimum Gasteiger partial charge on any atom is -0.411 e. The highest BCUT2D eigenvalue weighted by atomic mass is 35.5. The van der Waals surface area contributed by atoms with Crippen LogP contribution in [0.5, 0.6) is 0 Å². The Morgan fingerprint density at radius 3 is 2.53 bits per heavy atom. The van der Waals surface area contributed by atoms with Crippen molar-refractivity contribution in [3.63, 3.8) is 0 Å². The molecule has 156 valence electrons. The second-order valence-corrected chi connectivity index (χ2v) is 7.04. The molecule has 0 radical (unpaired) electrons. The lowest BCUT2D eigenvalue weighted by molar-refractivity contribution is -0.384. The van der Waals surface area contributed by atoms with Crippen LogP contribution in [0.3, 0.4) is 0 Å². The van der Waals surface area contributed by atoms with E-state index in [1.807, 2.05) is 0 Å². The van der Waals surface area contributed by atoms with Crippen molar-refractivity contribution in [2.24, 2.45) is 0 Å². The van der Waals surface area contributed by atoms with Gasteiger partial charge >= 0.3 is 6.18 Å². The third kappa shape index (κ3) is 5.27. The van der Waals surface area contributed by atoms with Gasteiger partial charge in [-0.1, -0.05) is 23.4 Å². The summed E-state index contributed by atoms with van der Waals surface area (Å²) >= 11 is 6.70. The molecule has 0 unspecified atom stereocenters. The van der Waals surface area contributed by atoms with Crippen molar-refractivity contribution in [3.05, 3.63) is 63.2 Å². The number of amides is 1. The van der Waals surface area contributed by atoms with Crippen molar-refractivity contribution < 1.29 is 27.3 Å². The maximum atomic E-state index is 12.8. The summed E-state index contributed by atoms with van der Waals surface area (Å²) in [6, 6.07) is 8.01. The van der Waals surface area contributed by atoms with E-state index in [1.165, 1.54) is 24.3 Å². The summed E-state index contributed by atoms with van der Waals surface area (Å²) in [6.07, 6.45) is -4.57. The van der Waals surface area contributed by atoms with Gasteiger partial charge in [0.2, 0.25) is 11.8 Å². The van der Waals surface area contributed by atoms with Crippen LogP contribution in [0, 0.1) is 10.1 Å². The number of benzene rings is 2. The lowest BCUT2D eigenvalue weighted by Crippen LogP contribution is -2.15. The number of hydrogen-bond donors (Lipinski definition) is 1. The van der Waals surface area contributed by atoms with Gasteiger partial charge in [0, 0.05) is 17.7 Å². The molecule has 3 aromatic rings. The maximum absolute atomic E-state index is 12.8. The average Bonchev–Trinajstić information content (AvgIpc) is 3.16. The quantitative estimate of drug-likeness (QED) is 0.312. The first-order valence-electron chi connectivity index (χ1n) is 8.01. The fraction of sp³-hybridized carbons (Fsp3) is 0.118. The van der Waals surface area contributed by atoms with E-state index in [9.17, 15) is 28.1 Å². The number of nitro groups is 1. The van der Waals surface area contributed by atoms with Crippen molar-refractivity contribution in [3.8, 4) is 11.5 Å². The number of non-ortho nitro benzene ring substituents is 1. The summed E-state index contributed by atoms with van der Waals surface area (Å²) in [5, 5.41) is 20.5. The molecule has 13 heteroatoms. The van der Waals surface area contributed by atoms with E-state index < -0.39 is 22.6 Å². The molecular weight excluding hydrogens is 449 g/mol. The number of carbonyl (C=O) groups is 1. The summed E-state index contributed by atoms with van der Waals surface area (Å²) in [5.74, 6) is -0.765. The van der Waals surface area contributed by atoms with Gasteiger partial charge in [-0.05, 0) is 30.3 Å². The van der Waals surface area contributed by atoms with Crippen molar-refractivity contribution >= 4 is 40.6 Å². The smallest absolute Gasteiger partial charge is 0.411 e. The Hall–Kier alpha value is -3.12. The van der Waals surface area contributed by atoms with E-state index in [0.29, 0.717) is 5.56 Å². The fourth-order valence-electron chi connectivity index (χ4n) is 2.22. The summed E-state index contributed by atoms with van der Waals surface area (Å²) in [6.45, 7) is 0. The minimum absolute atomic E-state index is 0.0358. The molecule has 30 heavy (non-hydrogen) atoms. The van der Waals surface area contributed by atoms with Crippen LogP contribution in [0.25, 0.3) is 11.5 Å². The SMILES string of the molecule is O=C(CSc1nnc(-c2ccc([N+](=O)[O-])cc2)o1)Nc1cc(C(F)(F)F)ccc1Cl. The summed E-state index contributed by atoms with van der Waals surface area (Å²) in [7, 11) is 0. The van der Waals surface area contributed by atoms with Crippen molar-refractivity contribution in [1.82, 2.24) is 10.2 Å². The fourth-order valence-corrected chi connectivity index (χ4v) is 2.95. The van der Waals surface area contributed by atoms with Gasteiger partial charge in [0.15, 0.2) is 0 Å². The number of anilines is 1. The summed E-state index contributed by atoms with van der Waals surface area (Å²) in [4.78, 5) is 22.2. The van der Waals surface area contributed by atoms with Crippen molar-refractivity contribution in [2.45, 2.75) is 11.4 Å². The second kappa shape index (κ2) is 8.71. The minimum atomic E-state index is -4.57. The topological polar surface area (TPSA) is 111 Å². The molecule has 3 rings (SSSR count). The van der Waals surface area contributed by atoms with E-state index in [-0.39, 0.29) is 33.3 Å². The van der Waals surface area contributed by atoms with Crippen LogP contribution in [0.2, 0.25) is 5.02 Å². The predicted octanol–water partition coefficient (Wildman–Crippen LogP) is 5.05. The number of halogens is 4. The molecular formula is C17H10ClF3N4O4S. The Morgan fingerprint density at radius 2 is 1.90 bits per heavy atom. The van der Waals surface area contributed by atoms with Crippen molar-refractivity contribution in [1.29, 1.82) is 0 Å². The zero-order valence-electron chi connectivity index (χ0n) is 14.6. The van der Waals surface area contributed by atoms with E-state index in [1.54, 1.807) is 0 Å². The maximum Gasteiger partial charge on any atom is 0.416 e. The largest absolute Gasteiger partial charge is 0.416 e. The monoisotopic (exact) mass is 458 g/mol. The average molecular weight is 459 g/mol. The number of hydrogen-bond acceptors (Lipinski definition) is 7. The van der Waals surface area contributed by atoms with Gasteiger partial charge in [-0.15, -0.1) is 10.2 Å². The van der Waals surface area contributed by atoms with Crippen LogP contribution in [0.4, 0.5) is 24.5 Å². The zero-order valence-corrected chi connectivity index (χ0v) is 16.2. The number of alkyl halides is 3. The molecule has 1 amide bonds. The number of rotatable bonds is 6. The highest BCUT2D eigenvalue weighted by molar-refractivity contribution is 7.99. The Morgan fingerprint density at radius 1 is 1.20 bits per heavy atom. The number of thioether (sulfide) groups is 1. The summed E-state index contributed by atoms with van der Waals surface area (Å²) < 4.78 is 43.7. The molecule has 0 aliphatic carbocycles. The molecule has 0 saturated carbocycles. The molecule has 1 heterocycles. The zero-order chi connectivity index (χ0) is 21.9. The molecule has 0 fully saturated rings. The highest BCUT2D eigenvalue weighted by Gasteiger charge is 2.31. The number of nitro benzene ring substituents is 1. The van der Waals surface area contributed by atoms with Gasteiger partial charge in [0.25, 0.3) is 10.9 Å². The molecule has 2 aromatic carbocycles. The first kappa shape index (κ1) is 21.6. The molecule has 8 nitrogen and oxygen atoms in total. The van der Waals surface area contributed by atoms with E-state index in [0.717, 1.165) is 30.0 Å². The number of nitrogens with one attached hydrogen (secondary N) is 1. The van der Waals surface area contributed by atoms with Crippen LogP contribution in [0.1, 0.15) is 5.56 Å². The highest BCUT2D eigenvalue weighted by Crippen LogP contribution is 2.34. The number of aromatic nitrogens is 2. The van der Waals surface area contributed by atoms with Gasteiger partial charge in [0.05, 0.1) is 26.9 Å². The third-order valence-corrected chi connectivity index (χ3v) is 4.77. The standard InChI is InChI=1S/C17H10ClF3N4O4S/c18-12-6-3-10(17(19,20)21)7-13(12)22-14(26)8-30-16-24-23-15(29-16)9-1-4-11(5-2-9)25(27)28/h1-7H,8H2,(H,22,26). The Bertz CT molecular complexity index is 1090. The molecule has 0 saturated heterocycles. The molecule has 0 aliphatic heterocycles. The Kier molecular flexibility index (Phi) is 6.27. The van der Waals surface area contributed by atoms with Gasteiger partial charge in [-0.2, -0.15) is 13.2 Å². The van der Waals surface area contributed by atoms with Crippen LogP contribution in [-0.2, 0) is 11.0 Å². The van der Waals surface area contributed by atoms with Crippen LogP contribution in [-0.4, -0.2) is 26.8 Å². The first-order chi connectivity index (χ1) is 14.1. The van der Waals surface area contributed by atoms with E-state index in [2.05, 4.69) is 15.5 Å². The van der Waals surface area contributed by atoms with Crippen LogP contribution < -0.4 is 5.32 Å². The van der Waals surface area contributed by atoms with Gasteiger partial charge < -0.3 is 9.73 Å². The molecule has 0 spiro atoms. The molecule has 0 atom stereocenters. The molecule has 1 N–H and O–H groups in total. The molecule has 0 aliphatic rings. The van der Waals surface area contributed by atoms with Gasteiger partial charge in [-0.3, -0.25) is 14.9 Å². The summed E-state index contributed by atoms with van der Waals surface area (Å²) in [5.41, 5.74) is -0.772. The predicted molar refractivity (Wildman–Crippen MR) is 102 cm³/mol. The molecule has 0 bridgehead atoms. The third-order valence-electron chi connectivity index (χ3n) is 3.63. The number of nitrogens with zero attached hydrogens (tertiary/aromatic N) is 3. The van der Waals surface area contributed by atoms with E-state index in [4.69, 9.17) is 16.0 Å².